The molecule has 1 aromatic rings. The molecule has 0 heterocycles. The van der Waals surface area contributed by atoms with Crippen LogP contribution < -0.4 is 0 Å². The molecule has 1 unspecified atom stereocenters. The number of hydrogen-bond acceptors (Lipinski definition) is 1. The van der Waals surface area contributed by atoms with Gasteiger partial charge in [-0.15, -0.1) is 0 Å². The molecule has 0 aromatic heterocycles. The molecule has 1 aromatic carbocycles. The van der Waals surface area contributed by atoms with E-state index in [1.807, 2.05) is 13.0 Å². The molecule has 1 nitrogen and oxygen atoms in total. The largest absolute Gasteiger partial charge is 0.385 e. The molecule has 1 fully saturated rings. The SMILES string of the molecule is CCC(O)(c1ccccc1F)C1CCCCCC1. The van der Waals surface area contributed by atoms with Crippen molar-refractivity contribution in [2.75, 3.05) is 0 Å². The Kier molecular flexibility index (Phi) is 4.39. The van der Waals surface area contributed by atoms with E-state index in [0.717, 1.165) is 25.7 Å². The summed E-state index contributed by atoms with van der Waals surface area (Å²) in [5.41, 5.74) is -0.505. The maximum absolute atomic E-state index is 14.0. The van der Waals surface area contributed by atoms with E-state index in [4.69, 9.17) is 0 Å². The maximum Gasteiger partial charge on any atom is 0.129 e. The molecule has 1 atom stereocenters. The summed E-state index contributed by atoms with van der Waals surface area (Å²) in [5.74, 6) is -0.0759. The first kappa shape index (κ1) is 13.5. The summed E-state index contributed by atoms with van der Waals surface area (Å²) in [4.78, 5) is 0. The monoisotopic (exact) mass is 250 g/mol. The summed E-state index contributed by atoms with van der Waals surface area (Å²) < 4.78 is 14.0. The summed E-state index contributed by atoms with van der Waals surface area (Å²) >= 11 is 0. The van der Waals surface area contributed by atoms with Crippen molar-refractivity contribution in [2.24, 2.45) is 5.92 Å². The Bertz CT molecular complexity index is 382. The van der Waals surface area contributed by atoms with Crippen LogP contribution in [0.2, 0.25) is 0 Å². The number of rotatable bonds is 3. The summed E-state index contributed by atoms with van der Waals surface area (Å²) in [6.45, 7) is 1.96. The van der Waals surface area contributed by atoms with Crippen LogP contribution >= 0.6 is 0 Å². The quantitative estimate of drug-likeness (QED) is 0.789. The minimum absolute atomic E-state index is 0.196. The predicted molar refractivity (Wildman–Crippen MR) is 71.8 cm³/mol. The first-order valence-electron chi connectivity index (χ1n) is 7.16. The summed E-state index contributed by atoms with van der Waals surface area (Å²) in [5, 5.41) is 11.0. The van der Waals surface area contributed by atoms with Crippen molar-refractivity contribution < 1.29 is 9.50 Å². The Hall–Kier alpha value is -0.890. The summed E-state index contributed by atoms with van der Waals surface area (Å²) in [7, 11) is 0. The maximum atomic E-state index is 14.0. The van der Waals surface area contributed by atoms with Crippen LogP contribution in [0.4, 0.5) is 4.39 Å². The molecule has 0 radical (unpaired) electrons. The van der Waals surface area contributed by atoms with Crippen molar-refractivity contribution in [2.45, 2.75) is 57.5 Å². The van der Waals surface area contributed by atoms with Gasteiger partial charge in [0.2, 0.25) is 0 Å². The minimum atomic E-state index is -0.990. The minimum Gasteiger partial charge on any atom is -0.385 e. The second-order valence-corrected chi connectivity index (χ2v) is 5.45. The Balaban J connectivity index is 2.31. The van der Waals surface area contributed by atoms with Crippen molar-refractivity contribution in [1.82, 2.24) is 0 Å². The normalized spacial score (nSPS) is 21.3. The zero-order valence-electron chi connectivity index (χ0n) is 11.2. The molecule has 0 amide bonds. The van der Waals surface area contributed by atoms with Gasteiger partial charge in [-0.1, -0.05) is 50.8 Å². The van der Waals surface area contributed by atoms with Gasteiger partial charge in [0, 0.05) is 5.56 Å². The van der Waals surface area contributed by atoms with Crippen LogP contribution in [0.5, 0.6) is 0 Å². The van der Waals surface area contributed by atoms with Crippen LogP contribution in [0.25, 0.3) is 0 Å². The highest BCUT2D eigenvalue weighted by atomic mass is 19.1. The molecule has 2 rings (SSSR count). The number of aliphatic hydroxyl groups is 1. The lowest BCUT2D eigenvalue weighted by atomic mass is 9.75. The molecule has 1 aliphatic rings. The van der Waals surface area contributed by atoms with Crippen LogP contribution in [0, 0.1) is 11.7 Å². The van der Waals surface area contributed by atoms with E-state index in [9.17, 15) is 9.50 Å². The van der Waals surface area contributed by atoms with Crippen LogP contribution in [-0.2, 0) is 5.60 Å². The van der Waals surface area contributed by atoms with E-state index in [-0.39, 0.29) is 11.7 Å². The van der Waals surface area contributed by atoms with Gasteiger partial charge in [-0.2, -0.15) is 0 Å². The van der Waals surface area contributed by atoms with Gasteiger partial charge in [0.05, 0.1) is 5.60 Å². The fourth-order valence-electron chi connectivity index (χ4n) is 3.27. The molecule has 100 valence electrons. The molecule has 1 N–H and O–H groups in total. The average Bonchev–Trinajstić information content (AvgIpc) is 2.67. The van der Waals surface area contributed by atoms with E-state index in [1.165, 1.54) is 18.9 Å². The highest BCUT2D eigenvalue weighted by Crippen LogP contribution is 2.41. The molecule has 0 spiro atoms. The van der Waals surface area contributed by atoms with E-state index in [1.54, 1.807) is 12.1 Å². The van der Waals surface area contributed by atoms with Gasteiger partial charge in [-0.05, 0) is 31.2 Å². The number of halogens is 1. The molecular formula is C16H23FO. The lowest BCUT2D eigenvalue weighted by Gasteiger charge is -2.36. The van der Waals surface area contributed by atoms with Crippen molar-refractivity contribution in [1.29, 1.82) is 0 Å². The third kappa shape index (κ3) is 2.59. The van der Waals surface area contributed by atoms with Gasteiger partial charge in [0.1, 0.15) is 5.82 Å². The fourth-order valence-corrected chi connectivity index (χ4v) is 3.27. The van der Waals surface area contributed by atoms with E-state index in [0.29, 0.717) is 12.0 Å². The van der Waals surface area contributed by atoms with Crippen LogP contribution in [0.3, 0.4) is 0 Å². The molecule has 1 saturated carbocycles. The van der Waals surface area contributed by atoms with E-state index < -0.39 is 5.60 Å². The van der Waals surface area contributed by atoms with Crippen LogP contribution in [-0.4, -0.2) is 5.11 Å². The van der Waals surface area contributed by atoms with Crippen LogP contribution in [0.1, 0.15) is 57.4 Å². The van der Waals surface area contributed by atoms with Crippen molar-refractivity contribution in [3.8, 4) is 0 Å². The zero-order valence-corrected chi connectivity index (χ0v) is 11.2. The van der Waals surface area contributed by atoms with Crippen LogP contribution in [0.15, 0.2) is 24.3 Å². The highest BCUT2D eigenvalue weighted by Gasteiger charge is 2.38. The van der Waals surface area contributed by atoms with Gasteiger partial charge < -0.3 is 5.11 Å². The topological polar surface area (TPSA) is 20.2 Å². The molecule has 0 aliphatic heterocycles. The lowest BCUT2D eigenvalue weighted by Crippen LogP contribution is -2.35. The molecular weight excluding hydrogens is 227 g/mol. The third-order valence-electron chi connectivity index (χ3n) is 4.41. The second-order valence-electron chi connectivity index (χ2n) is 5.45. The number of benzene rings is 1. The van der Waals surface area contributed by atoms with Gasteiger partial charge in [-0.25, -0.2) is 4.39 Å². The molecule has 1 aliphatic carbocycles. The zero-order chi connectivity index (χ0) is 13.0. The lowest BCUT2D eigenvalue weighted by molar-refractivity contribution is -0.0370. The summed E-state index contributed by atoms with van der Waals surface area (Å²) in [6.07, 6.45) is 7.40. The Morgan fingerprint density at radius 1 is 1.17 bits per heavy atom. The highest BCUT2D eigenvalue weighted by molar-refractivity contribution is 5.25. The fraction of sp³-hybridized carbons (Fsp3) is 0.625. The third-order valence-corrected chi connectivity index (χ3v) is 4.41. The predicted octanol–water partition coefficient (Wildman–Crippen LogP) is 4.39. The molecule has 2 heteroatoms. The first-order chi connectivity index (χ1) is 8.68. The summed E-state index contributed by atoms with van der Waals surface area (Å²) in [6, 6.07) is 6.69. The Labute approximate surface area is 109 Å². The molecule has 0 bridgehead atoms. The van der Waals surface area contributed by atoms with Gasteiger partial charge in [0.15, 0.2) is 0 Å². The molecule has 0 saturated heterocycles. The van der Waals surface area contributed by atoms with Crippen molar-refractivity contribution in [3.63, 3.8) is 0 Å². The standard InChI is InChI=1S/C16H23FO/c1-2-16(18,13-9-5-3-4-6-10-13)14-11-7-8-12-15(14)17/h7-8,11-13,18H,2-6,9-10H2,1H3. The van der Waals surface area contributed by atoms with Gasteiger partial charge >= 0.3 is 0 Å². The first-order valence-corrected chi connectivity index (χ1v) is 7.16. The van der Waals surface area contributed by atoms with Gasteiger partial charge in [0.25, 0.3) is 0 Å². The van der Waals surface area contributed by atoms with Crippen molar-refractivity contribution in [3.05, 3.63) is 35.6 Å². The van der Waals surface area contributed by atoms with Crippen molar-refractivity contribution >= 4 is 0 Å². The van der Waals surface area contributed by atoms with Gasteiger partial charge in [-0.3, -0.25) is 0 Å². The Morgan fingerprint density at radius 3 is 2.33 bits per heavy atom. The number of hydrogen-bond donors (Lipinski definition) is 1. The second kappa shape index (κ2) is 5.83. The van der Waals surface area contributed by atoms with E-state index >= 15 is 0 Å². The molecule has 18 heavy (non-hydrogen) atoms. The van der Waals surface area contributed by atoms with E-state index in [2.05, 4.69) is 0 Å². The Morgan fingerprint density at radius 2 is 1.78 bits per heavy atom. The smallest absolute Gasteiger partial charge is 0.129 e. The average molecular weight is 250 g/mol.